The molecule has 1 aromatic rings. The van der Waals surface area contributed by atoms with Gasteiger partial charge in [0, 0.05) is 12.5 Å². The van der Waals surface area contributed by atoms with Crippen LogP contribution in [0.15, 0.2) is 10.6 Å². The maximum Gasteiger partial charge on any atom is 0.243 e. The number of carbonyl (C=O) groups excluding carboxylic acids is 2. The largest absolute Gasteiger partial charge is 0.322 e. The number of aromatic nitrogens is 2. The molecule has 0 saturated heterocycles. The summed E-state index contributed by atoms with van der Waals surface area (Å²) < 4.78 is 1.69. The first-order chi connectivity index (χ1) is 12.5. The molecule has 0 spiro atoms. The molecule has 1 aliphatic heterocycles. The topological polar surface area (TPSA) is 124 Å². The molecule has 142 valence electrons. The van der Waals surface area contributed by atoms with Crippen LogP contribution in [0.5, 0.6) is 0 Å². The fraction of sp³-hybridized carbons (Fsp3) is 0.500. The zero-order valence-electron chi connectivity index (χ0n) is 16.2. The summed E-state index contributed by atoms with van der Waals surface area (Å²) in [5.41, 5.74) is 1.57. The molecule has 1 aliphatic rings. The molecule has 9 heteroatoms. The molecule has 2 heterocycles. The minimum absolute atomic E-state index is 0.265. The first-order valence-corrected chi connectivity index (χ1v) is 9.25. The normalized spacial score (nSPS) is 19.7. The van der Waals surface area contributed by atoms with Crippen molar-refractivity contribution in [2.75, 3.05) is 5.32 Å². The highest BCUT2D eigenvalue weighted by molar-refractivity contribution is 8.04. The van der Waals surface area contributed by atoms with E-state index in [-0.39, 0.29) is 5.91 Å². The summed E-state index contributed by atoms with van der Waals surface area (Å²) in [6.07, 6.45) is 0. The maximum atomic E-state index is 12.6. The van der Waals surface area contributed by atoms with Crippen molar-refractivity contribution >= 4 is 29.3 Å². The number of carbonyl (C=O) groups is 2. The van der Waals surface area contributed by atoms with Crippen molar-refractivity contribution in [2.45, 2.75) is 39.9 Å². The number of nitriles is 2. The molecule has 2 rings (SSSR count). The summed E-state index contributed by atoms with van der Waals surface area (Å²) >= 11 is 1.09. The van der Waals surface area contributed by atoms with Crippen LogP contribution in [0.3, 0.4) is 0 Å². The van der Waals surface area contributed by atoms with Crippen molar-refractivity contribution < 1.29 is 9.59 Å². The highest BCUT2D eigenvalue weighted by atomic mass is 32.2. The molecule has 0 radical (unpaired) electrons. The average Bonchev–Trinajstić information content (AvgIpc) is 2.80. The fourth-order valence-corrected chi connectivity index (χ4v) is 4.03. The standard InChI is InChI=1S/C18H22N6O2S/c1-9-14(10(2)24(6)23-9)21-15(25)11(3)27-17-13(8-20)18(4,5)12(7-19)16(26)22-17/h11-12H,1-6H3,(H,21,25)(H,22,26)/t11-,12+/m1/s1. The second kappa shape index (κ2) is 7.45. The molecule has 0 bridgehead atoms. The summed E-state index contributed by atoms with van der Waals surface area (Å²) in [4.78, 5) is 24.9. The Bertz CT molecular complexity index is 916. The maximum absolute atomic E-state index is 12.6. The van der Waals surface area contributed by atoms with Gasteiger partial charge in [0.05, 0.1) is 45.1 Å². The van der Waals surface area contributed by atoms with Crippen LogP contribution < -0.4 is 10.6 Å². The lowest BCUT2D eigenvalue weighted by Crippen LogP contribution is -2.45. The number of aryl methyl sites for hydroxylation is 2. The van der Waals surface area contributed by atoms with Crippen molar-refractivity contribution in [3.63, 3.8) is 0 Å². The predicted octanol–water partition coefficient (Wildman–Crippen LogP) is 2.13. The van der Waals surface area contributed by atoms with Crippen molar-refractivity contribution in [3.05, 3.63) is 22.0 Å². The van der Waals surface area contributed by atoms with Gasteiger partial charge in [-0.3, -0.25) is 14.3 Å². The molecule has 0 fully saturated rings. The van der Waals surface area contributed by atoms with E-state index in [0.29, 0.717) is 22.0 Å². The van der Waals surface area contributed by atoms with E-state index in [0.717, 1.165) is 17.5 Å². The Labute approximate surface area is 162 Å². The Kier molecular flexibility index (Phi) is 5.67. The molecule has 0 aromatic carbocycles. The Morgan fingerprint density at radius 1 is 1.41 bits per heavy atom. The van der Waals surface area contributed by atoms with E-state index in [1.165, 1.54) is 0 Å². The van der Waals surface area contributed by atoms with Crippen LogP contribution in [-0.2, 0) is 16.6 Å². The van der Waals surface area contributed by atoms with Crippen molar-refractivity contribution in [1.82, 2.24) is 15.1 Å². The summed E-state index contributed by atoms with van der Waals surface area (Å²) in [5, 5.41) is 28.3. The summed E-state index contributed by atoms with van der Waals surface area (Å²) in [6, 6.07) is 4.05. The zero-order chi connectivity index (χ0) is 20.5. The van der Waals surface area contributed by atoms with Crippen LogP contribution in [0.2, 0.25) is 0 Å². The van der Waals surface area contributed by atoms with E-state index in [4.69, 9.17) is 0 Å². The Morgan fingerprint density at radius 2 is 2.04 bits per heavy atom. The Morgan fingerprint density at radius 3 is 2.52 bits per heavy atom. The first-order valence-electron chi connectivity index (χ1n) is 8.37. The number of hydrogen-bond acceptors (Lipinski definition) is 6. The summed E-state index contributed by atoms with van der Waals surface area (Å²) in [7, 11) is 1.80. The minimum atomic E-state index is -0.957. The number of allylic oxidation sites excluding steroid dienone is 1. The van der Waals surface area contributed by atoms with E-state index in [1.807, 2.05) is 19.9 Å². The van der Waals surface area contributed by atoms with Crippen molar-refractivity contribution in [1.29, 1.82) is 10.5 Å². The average molecular weight is 386 g/mol. The fourth-order valence-electron chi connectivity index (χ4n) is 2.92. The van der Waals surface area contributed by atoms with E-state index >= 15 is 0 Å². The molecule has 0 saturated carbocycles. The third-order valence-electron chi connectivity index (χ3n) is 4.75. The van der Waals surface area contributed by atoms with Gasteiger partial charge >= 0.3 is 0 Å². The highest BCUT2D eigenvalue weighted by Crippen LogP contribution is 2.42. The third-order valence-corrected chi connectivity index (χ3v) is 5.86. The van der Waals surface area contributed by atoms with Crippen molar-refractivity contribution in [2.24, 2.45) is 18.4 Å². The molecule has 2 N–H and O–H groups in total. The first kappa shape index (κ1) is 20.5. The SMILES string of the molecule is Cc1nn(C)c(C)c1NC(=O)[C@@H](C)SC1=C(C#N)C(C)(C)[C@@H](C#N)C(=O)N1. The number of rotatable bonds is 4. The van der Waals surface area contributed by atoms with Gasteiger partial charge < -0.3 is 10.6 Å². The molecule has 0 unspecified atom stereocenters. The minimum Gasteiger partial charge on any atom is -0.322 e. The summed E-state index contributed by atoms with van der Waals surface area (Å²) in [6.45, 7) is 8.73. The van der Waals surface area contributed by atoms with Crippen molar-refractivity contribution in [3.8, 4) is 12.1 Å². The number of hydrogen-bond donors (Lipinski definition) is 2. The molecular formula is C18H22N6O2S. The number of nitrogens with one attached hydrogen (secondary N) is 2. The van der Waals surface area contributed by atoms with Gasteiger partial charge in [0.25, 0.3) is 0 Å². The predicted molar refractivity (Wildman–Crippen MR) is 102 cm³/mol. The lowest BCUT2D eigenvalue weighted by molar-refractivity contribution is -0.125. The van der Waals surface area contributed by atoms with Gasteiger partial charge in [-0.15, -0.1) is 0 Å². The molecule has 1 aromatic heterocycles. The monoisotopic (exact) mass is 386 g/mol. The lowest BCUT2D eigenvalue weighted by atomic mass is 9.72. The molecule has 8 nitrogen and oxygen atoms in total. The van der Waals surface area contributed by atoms with Crippen LogP contribution in [0.1, 0.15) is 32.2 Å². The van der Waals surface area contributed by atoms with Gasteiger partial charge in [0.2, 0.25) is 11.8 Å². The molecule has 2 amide bonds. The second-order valence-electron chi connectivity index (χ2n) is 7.01. The zero-order valence-corrected chi connectivity index (χ0v) is 17.0. The number of nitrogens with zero attached hydrogens (tertiary/aromatic N) is 4. The van der Waals surface area contributed by atoms with Gasteiger partial charge in [0.1, 0.15) is 5.92 Å². The van der Waals surface area contributed by atoms with Crippen LogP contribution in [0.25, 0.3) is 0 Å². The molecule has 0 aliphatic carbocycles. The molecule has 27 heavy (non-hydrogen) atoms. The van der Waals surface area contributed by atoms with E-state index in [1.54, 1.807) is 32.5 Å². The molecule has 2 atom stereocenters. The van der Waals surface area contributed by atoms with E-state index in [2.05, 4.69) is 21.8 Å². The van der Waals surface area contributed by atoms with Gasteiger partial charge in [-0.1, -0.05) is 25.6 Å². The third kappa shape index (κ3) is 3.69. The van der Waals surface area contributed by atoms with Crippen LogP contribution in [0.4, 0.5) is 5.69 Å². The number of amides is 2. The lowest BCUT2D eigenvalue weighted by Gasteiger charge is -2.35. The Hall–Kier alpha value is -2.78. The van der Waals surface area contributed by atoms with E-state index < -0.39 is 22.5 Å². The van der Waals surface area contributed by atoms with Gasteiger partial charge in [-0.25, -0.2) is 0 Å². The van der Waals surface area contributed by atoms with Gasteiger partial charge in [-0.05, 0) is 20.8 Å². The second-order valence-corrected chi connectivity index (χ2v) is 8.36. The van der Waals surface area contributed by atoms with Gasteiger partial charge in [-0.2, -0.15) is 15.6 Å². The van der Waals surface area contributed by atoms with E-state index in [9.17, 15) is 20.1 Å². The molecular weight excluding hydrogens is 364 g/mol. The van der Waals surface area contributed by atoms with Crippen LogP contribution in [0, 0.1) is 47.8 Å². The Balaban J connectivity index is 2.25. The van der Waals surface area contributed by atoms with Crippen LogP contribution in [-0.4, -0.2) is 26.8 Å². The highest BCUT2D eigenvalue weighted by Gasteiger charge is 2.45. The van der Waals surface area contributed by atoms with Crippen LogP contribution >= 0.6 is 11.8 Å². The smallest absolute Gasteiger partial charge is 0.243 e. The quantitative estimate of drug-likeness (QED) is 0.817. The van der Waals surface area contributed by atoms with Gasteiger partial charge in [0.15, 0.2) is 0 Å². The number of anilines is 1. The summed E-state index contributed by atoms with van der Waals surface area (Å²) in [5.74, 6) is -1.68. The number of thioether (sulfide) groups is 1.